The maximum atomic E-state index is 14.0. The van der Waals surface area contributed by atoms with Crippen LogP contribution in [0.25, 0.3) is 11.3 Å². The van der Waals surface area contributed by atoms with Crippen LogP contribution in [0.1, 0.15) is 40.1 Å². The van der Waals surface area contributed by atoms with Crippen molar-refractivity contribution in [2.45, 2.75) is 32.0 Å². The molecule has 0 saturated heterocycles. The number of hydrogen-bond acceptors (Lipinski definition) is 6. The van der Waals surface area contributed by atoms with Gasteiger partial charge in [-0.15, -0.1) is 0 Å². The van der Waals surface area contributed by atoms with E-state index in [2.05, 4.69) is 15.8 Å². The Bertz CT molecular complexity index is 1540. The summed E-state index contributed by atoms with van der Waals surface area (Å²) in [5.41, 5.74) is 1.22. The number of nitrogens with zero attached hydrogens (tertiary/aromatic N) is 1. The van der Waals surface area contributed by atoms with Crippen LogP contribution in [-0.2, 0) is 22.5 Å². The highest BCUT2D eigenvalue weighted by atomic mass is 19.1. The fraction of sp³-hybridized carbons (Fsp3) is 0.172. The predicted molar refractivity (Wildman–Crippen MR) is 139 cm³/mol. The minimum Gasteiger partial charge on any atom is -0.480 e. The van der Waals surface area contributed by atoms with Crippen LogP contribution >= 0.6 is 0 Å². The quantitative estimate of drug-likeness (QED) is 0.241. The summed E-state index contributed by atoms with van der Waals surface area (Å²) >= 11 is 0. The molecule has 3 aromatic carbocycles. The number of rotatable bonds is 10. The van der Waals surface area contributed by atoms with Crippen LogP contribution < -0.4 is 10.6 Å². The van der Waals surface area contributed by atoms with Gasteiger partial charge in [0.05, 0.1) is 6.54 Å². The number of amides is 2. The topological polar surface area (TPSA) is 131 Å². The summed E-state index contributed by atoms with van der Waals surface area (Å²) in [6.07, 6.45) is -0.893. The van der Waals surface area contributed by atoms with Gasteiger partial charge in [0.25, 0.3) is 5.91 Å². The molecule has 1 heterocycles. The molecule has 4 rings (SSSR count). The van der Waals surface area contributed by atoms with Crippen LogP contribution in [0, 0.1) is 17.5 Å². The molecule has 0 spiro atoms. The average molecular weight is 568 g/mol. The van der Waals surface area contributed by atoms with Gasteiger partial charge in [-0.25, -0.2) is 22.8 Å². The second-order valence-electron chi connectivity index (χ2n) is 8.96. The molecule has 0 aliphatic carbocycles. The van der Waals surface area contributed by atoms with E-state index in [1.807, 2.05) is 0 Å². The fourth-order valence-electron chi connectivity index (χ4n) is 4.01. The van der Waals surface area contributed by atoms with Crippen molar-refractivity contribution >= 4 is 18.0 Å². The zero-order valence-electron chi connectivity index (χ0n) is 21.6. The van der Waals surface area contributed by atoms with Gasteiger partial charge in [0.15, 0.2) is 0 Å². The van der Waals surface area contributed by atoms with Crippen molar-refractivity contribution in [2.75, 3.05) is 0 Å². The number of carbonyl (C=O) groups is 3. The molecule has 9 nitrogen and oxygen atoms in total. The first-order valence-electron chi connectivity index (χ1n) is 12.3. The molecule has 0 fully saturated rings. The molecule has 0 aliphatic rings. The highest BCUT2D eigenvalue weighted by molar-refractivity contribution is 5.97. The highest BCUT2D eigenvalue weighted by Gasteiger charge is 2.24. The molecule has 3 N–H and O–H groups in total. The SMILES string of the molecule is CC(OC(=O)NCc1conc1-c1ccc(C(=O)NC(Cc2c(F)cccc2F)C(=O)O)cc1)c1ccccc1F. The largest absolute Gasteiger partial charge is 0.480 e. The molecule has 4 aromatic rings. The second-order valence-corrected chi connectivity index (χ2v) is 8.96. The van der Waals surface area contributed by atoms with E-state index < -0.39 is 59.6 Å². The summed E-state index contributed by atoms with van der Waals surface area (Å²) < 4.78 is 52.2. The van der Waals surface area contributed by atoms with Gasteiger partial charge in [0, 0.05) is 34.2 Å². The Labute approximate surface area is 231 Å². The molecule has 212 valence electrons. The highest BCUT2D eigenvalue weighted by Crippen LogP contribution is 2.24. The number of benzene rings is 3. The van der Waals surface area contributed by atoms with Gasteiger partial charge in [-0.05, 0) is 37.3 Å². The number of hydrogen-bond donors (Lipinski definition) is 3. The molecule has 41 heavy (non-hydrogen) atoms. The van der Waals surface area contributed by atoms with Crippen molar-refractivity contribution < 1.29 is 41.9 Å². The minimum absolute atomic E-state index is 0.0310. The minimum atomic E-state index is -1.58. The van der Waals surface area contributed by atoms with Crippen LogP contribution in [-0.4, -0.2) is 34.3 Å². The van der Waals surface area contributed by atoms with E-state index in [1.54, 1.807) is 6.07 Å². The molecular weight excluding hydrogens is 543 g/mol. The maximum absolute atomic E-state index is 14.0. The normalized spacial score (nSPS) is 12.3. The number of ether oxygens (including phenoxy) is 1. The lowest BCUT2D eigenvalue weighted by Gasteiger charge is -2.16. The number of halogens is 3. The molecule has 2 amide bonds. The van der Waals surface area contributed by atoms with E-state index >= 15 is 0 Å². The standard InChI is InChI=1S/C29H24F3N3O6/c1-16(20-5-2-3-6-22(20)30)41-29(39)33-14-19-15-40-35-26(19)17-9-11-18(12-10-17)27(36)34-25(28(37)38)13-21-23(31)7-4-8-24(21)32/h2-12,15-16,25H,13-14H2,1H3,(H,33,39)(H,34,36)(H,37,38). The van der Waals surface area contributed by atoms with Crippen LogP contribution in [0.3, 0.4) is 0 Å². The molecule has 1 aromatic heterocycles. The van der Waals surface area contributed by atoms with Crippen LogP contribution in [0.2, 0.25) is 0 Å². The van der Waals surface area contributed by atoms with Gasteiger partial charge in [-0.1, -0.05) is 41.6 Å². The molecule has 2 unspecified atom stereocenters. The van der Waals surface area contributed by atoms with Crippen molar-refractivity contribution in [3.8, 4) is 11.3 Å². The zero-order chi connectivity index (χ0) is 29.5. The summed E-state index contributed by atoms with van der Waals surface area (Å²) in [5, 5.41) is 18.2. The van der Waals surface area contributed by atoms with Gasteiger partial charge in [-0.3, -0.25) is 4.79 Å². The lowest BCUT2D eigenvalue weighted by atomic mass is 10.0. The number of aromatic nitrogens is 1. The smallest absolute Gasteiger partial charge is 0.408 e. The van der Waals surface area contributed by atoms with E-state index in [9.17, 15) is 32.7 Å². The summed E-state index contributed by atoms with van der Waals surface area (Å²) in [7, 11) is 0. The second kappa shape index (κ2) is 12.8. The van der Waals surface area contributed by atoms with E-state index in [0.717, 1.165) is 18.2 Å². The van der Waals surface area contributed by atoms with E-state index in [0.29, 0.717) is 16.8 Å². The van der Waals surface area contributed by atoms with Crippen molar-refractivity contribution in [3.05, 3.63) is 113 Å². The number of carbonyl (C=O) groups excluding carboxylic acids is 2. The van der Waals surface area contributed by atoms with Gasteiger partial charge in [0.2, 0.25) is 0 Å². The Kier molecular flexibility index (Phi) is 9.02. The fourth-order valence-corrected chi connectivity index (χ4v) is 4.01. The van der Waals surface area contributed by atoms with E-state index in [1.165, 1.54) is 55.7 Å². The third-order valence-electron chi connectivity index (χ3n) is 6.19. The molecule has 12 heteroatoms. The summed E-state index contributed by atoms with van der Waals surface area (Å²) in [6.45, 7) is 1.51. The Morgan fingerprint density at radius 1 is 0.951 bits per heavy atom. The van der Waals surface area contributed by atoms with Crippen LogP contribution in [0.5, 0.6) is 0 Å². The molecule has 2 atom stereocenters. The molecule has 0 aliphatic heterocycles. The van der Waals surface area contributed by atoms with Crippen LogP contribution in [0.4, 0.5) is 18.0 Å². The van der Waals surface area contributed by atoms with Gasteiger partial charge in [0.1, 0.15) is 41.6 Å². The van der Waals surface area contributed by atoms with Crippen molar-refractivity contribution in [3.63, 3.8) is 0 Å². The monoisotopic (exact) mass is 567 g/mol. The third kappa shape index (κ3) is 7.10. The lowest BCUT2D eigenvalue weighted by Crippen LogP contribution is -2.42. The van der Waals surface area contributed by atoms with Crippen molar-refractivity contribution in [1.29, 1.82) is 0 Å². The Morgan fingerprint density at radius 2 is 1.61 bits per heavy atom. The number of aliphatic carboxylic acids is 1. The number of carboxylic acids is 1. The predicted octanol–water partition coefficient (Wildman–Crippen LogP) is 5.17. The Hall–Kier alpha value is -5.13. The molecule has 0 radical (unpaired) electrons. The first-order valence-corrected chi connectivity index (χ1v) is 12.3. The molecule has 0 saturated carbocycles. The molecular formula is C29H24F3N3O6. The number of alkyl carbamates (subject to hydrolysis) is 1. The van der Waals surface area contributed by atoms with Crippen molar-refractivity contribution in [1.82, 2.24) is 15.8 Å². The third-order valence-corrected chi connectivity index (χ3v) is 6.19. The maximum Gasteiger partial charge on any atom is 0.408 e. The van der Waals surface area contributed by atoms with E-state index in [-0.39, 0.29) is 17.7 Å². The first kappa shape index (κ1) is 28.9. The summed E-state index contributed by atoms with van der Waals surface area (Å²) in [5.74, 6) is -4.56. The van der Waals surface area contributed by atoms with Gasteiger partial charge in [-0.2, -0.15) is 0 Å². The average Bonchev–Trinajstić information content (AvgIpc) is 3.42. The van der Waals surface area contributed by atoms with Crippen LogP contribution in [0.15, 0.2) is 77.5 Å². The summed E-state index contributed by atoms with van der Waals surface area (Å²) in [6, 6.07) is 13.4. The van der Waals surface area contributed by atoms with E-state index in [4.69, 9.17) is 9.26 Å². The lowest BCUT2D eigenvalue weighted by molar-refractivity contribution is -0.139. The first-order chi connectivity index (χ1) is 19.6. The number of nitrogens with one attached hydrogen (secondary N) is 2. The summed E-state index contributed by atoms with van der Waals surface area (Å²) in [4.78, 5) is 36.6. The Morgan fingerprint density at radius 3 is 2.27 bits per heavy atom. The Balaban J connectivity index is 1.38. The van der Waals surface area contributed by atoms with Gasteiger partial charge >= 0.3 is 12.1 Å². The van der Waals surface area contributed by atoms with Crippen molar-refractivity contribution in [2.24, 2.45) is 0 Å². The molecule has 0 bridgehead atoms. The van der Waals surface area contributed by atoms with Gasteiger partial charge < -0.3 is 25.0 Å². The number of carboxylic acid groups (broad SMARTS) is 1. The zero-order valence-corrected chi connectivity index (χ0v) is 21.6.